The van der Waals surface area contributed by atoms with E-state index in [1.54, 1.807) is 0 Å². The second-order valence-corrected chi connectivity index (χ2v) is 5.65. The van der Waals surface area contributed by atoms with Crippen molar-refractivity contribution in [2.24, 2.45) is 5.92 Å². The second kappa shape index (κ2) is 8.45. The minimum atomic E-state index is 0.0458. The van der Waals surface area contributed by atoms with Crippen LogP contribution in [0.4, 0.5) is 0 Å². The number of piperidine rings is 1. The van der Waals surface area contributed by atoms with Crippen molar-refractivity contribution in [2.75, 3.05) is 32.9 Å². The van der Waals surface area contributed by atoms with Gasteiger partial charge < -0.3 is 14.4 Å². The van der Waals surface area contributed by atoms with Crippen LogP contribution >= 0.6 is 0 Å². The number of nitrogens with zero attached hydrogens (tertiary/aromatic N) is 1. The minimum Gasteiger partial charge on any atom is -0.484 e. The third-order valence-corrected chi connectivity index (χ3v) is 3.86. The number of terminal acetylenes is 1. The smallest absolute Gasteiger partial charge is 0.260 e. The van der Waals surface area contributed by atoms with E-state index in [9.17, 15) is 4.79 Å². The summed E-state index contributed by atoms with van der Waals surface area (Å²) in [5, 5.41) is 0. The summed E-state index contributed by atoms with van der Waals surface area (Å²) in [7, 11) is 0. The number of benzene rings is 1. The lowest BCUT2D eigenvalue weighted by Gasteiger charge is -2.31. The molecule has 1 aliphatic rings. The Kier molecular flexibility index (Phi) is 6.29. The van der Waals surface area contributed by atoms with Crippen LogP contribution in [0.5, 0.6) is 5.75 Å². The zero-order valence-electron chi connectivity index (χ0n) is 13.1. The number of carbonyl (C=O) groups is 1. The molecule has 2 rings (SSSR count). The van der Waals surface area contributed by atoms with E-state index in [0.29, 0.717) is 19.1 Å². The Balaban J connectivity index is 1.70. The standard InChI is InChI=1S/C18H23NO3/c1-3-11-21-13-16-7-9-19(10-8-16)18(20)14-22-17-6-4-5-15(2)12-17/h1,4-6,12,16H,7-11,13-14H2,2H3. The van der Waals surface area contributed by atoms with Gasteiger partial charge in [-0.3, -0.25) is 4.79 Å². The Morgan fingerprint density at radius 2 is 2.18 bits per heavy atom. The molecule has 4 heteroatoms. The van der Waals surface area contributed by atoms with Crippen molar-refractivity contribution in [3.05, 3.63) is 29.8 Å². The lowest BCUT2D eigenvalue weighted by Crippen LogP contribution is -2.41. The summed E-state index contributed by atoms with van der Waals surface area (Å²) in [6.45, 7) is 4.68. The Bertz CT molecular complexity index is 527. The first kappa shape index (κ1) is 16.4. The van der Waals surface area contributed by atoms with Gasteiger partial charge in [-0.25, -0.2) is 0 Å². The van der Waals surface area contributed by atoms with E-state index < -0.39 is 0 Å². The van der Waals surface area contributed by atoms with Gasteiger partial charge in [-0.05, 0) is 43.4 Å². The molecule has 4 nitrogen and oxygen atoms in total. The van der Waals surface area contributed by atoms with Crippen molar-refractivity contribution >= 4 is 5.91 Å². The Morgan fingerprint density at radius 1 is 1.41 bits per heavy atom. The summed E-state index contributed by atoms with van der Waals surface area (Å²) in [5.41, 5.74) is 1.12. The van der Waals surface area contributed by atoms with Crippen LogP contribution in [0.15, 0.2) is 24.3 Å². The molecule has 118 valence electrons. The lowest BCUT2D eigenvalue weighted by atomic mass is 9.98. The molecule has 1 aromatic rings. The Hall–Kier alpha value is -1.99. The molecular weight excluding hydrogens is 278 g/mol. The minimum absolute atomic E-state index is 0.0458. The fourth-order valence-electron chi connectivity index (χ4n) is 2.58. The first-order valence-electron chi connectivity index (χ1n) is 7.67. The molecule has 0 bridgehead atoms. The maximum absolute atomic E-state index is 12.2. The van der Waals surface area contributed by atoms with Crippen molar-refractivity contribution in [2.45, 2.75) is 19.8 Å². The zero-order chi connectivity index (χ0) is 15.8. The molecule has 1 saturated heterocycles. The average Bonchev–Trinajstić information content (AvgIpc) is 2.54. The van der Waals surface area contributed by atoms with Crippen LogP contribution in [0.3, 0.4) is 0 Å². The predicted molar refractivity (Wildman–Crippen MR) is 85.6 cm³/mol. The van der Waals surface area contributed by atoms with Crippen LogP contribution in [-0.2, 0) is 9.53 Å². The van der Waals surface area contributed by atoms with Gasteiger partial charge in [0.1, 0.15) is 12.4 Å². The molecule has 22 heavy (non-hydrogen) atoms. The summed E-state index contributed by atoms with van der Waals surface area (Å²) in [6, 6.07) is 7.73. The predicted octanol–water partition coefficient (Wildman–Crippen LogP) is 2.26. The number of amides is 1. The number of likely N-dealkylation sites (tertiary alicyclic amines) is 1. The van der Waals surface area contributed by atoms with Crippen LogP contribution < -0.4 is 4.74 Å². The van der Waals surface area contributed by atoms with Gasteiger partial charge >= 0.3 is 0 Å². The number of ether oxygens (including phenoxy) is 2. The van der Waals surface area contributed by atoms with Crippen molar-refractivity contribution in [3.8, 4) is 18.1 Å². The second-order valence-electron chi connectivity index (χ2n) is 5.65. The Labute approximate surface area is 132 Å². The van der Waals surface area contributed by atoms with E-state index in [-0.39, 0.29) is 12.5 Å². The van der Waals surface area contributed by atoms with Crippen molar-refractivity contribution in [3.63, 3.8) is 0 Å². The highest BCUT2D eigenvalue weighted by Gasteiger charge is 2.23. The van der Waals surface area contributed by atoms with Gasteiger partial charge in [0.2, 0.25) is 0 Å². The molecule has 0 aromatic heterocycles. The number of hydrogen-bond donors (Lipinski definition) is 0. The normalized spacial score (nSPS) is 15.4. The largest absolute Gasteiger partial charge is 0.484 e. The summed E-state index contributed by atoms with van der Waals surface area (Å²) < 4.78 is 10.9. The maximum Gasteiger partial charge on any atom is 0.260 e. The van der Waals surface area contributed by atoms with Crippen LogP contribution in [0.1, 0.15) is 18.4 Å². The first-order valence-corrected chi connectivity index (χ1v) is 7.67. The van der Waals surface area contributed by atoms with Gasteiger partial charge in [-0.2, -0.15) is 0 Å². The molecule has 0 aliphatic carbocycles. The van der Waals surface area contributed by atoms with E-state index in [1.165, 1.54) is 0 Å². The highest BCUT2D eigenvalue weighted by Crippen LogP contribution is 2.18. The molecular formula is C18H23NO3. The van der Waals surface area contributed by atoms with Gasteiger partial charge in [0, 0.05) is 13.1 Å². The molecule has 0 radical (unpaired) electrons. The molecule has 1 amide bonds. The number of carbonyl (C=O) groups excluding carboxylic acids is 1. The van der Waals surface area contributed by atoms with Gasteiger partial charge in [0.25, 0.3) is 5.91 Å². The molecule has 1 aliphatic heterocycles. The van der Waals surface area contributed by atoms with E-state index in [1.807, 2.05) is 36.1 Å². The summed E-state index contributed by atoms with van der Waals surface area (Å²) in [5.74, 6) is 3.75. The third-order valence-electron chi connectivity index (χ3n) is 3.86. The van der Waals surface area contributed by atoms with Gasteiger partial charge in [0.05, 0.1) is 6.61 Å². The fraction of sp³-hybridized carbons (Fsp3) is 0.500. The summed E-state index contributed by atoms with van der Waals surface area (Å²) in [6.07, 6.45) is 7.07. The zero-order valence-corrected chi connectivity index (χ0v) is 13.1. The van der Waals surface area contributed by atoms with Crippen molar-refractivity contribution in [1.82, 2.24) is 4.90 Å². The highest BCUT2D eigenvalue weighted by molar-refractivity contribution is 5.77. The van der Waals surface area contributed by atoms with Crippen molar-refractivity contribution in [1.29, 1.82) is 0 Å². The van der Waals surface area contributed by atoms with E-state index in [0.717, 1.165) is 37.2 Å². The summed E-state index contributed by atoms with van der Waals surface area (Å²) in [4.78, 5) is 14.0. The maximum atomic E-state index is 12.2. The number of rotatable bonds is 6. The van der Waals surface area contributed by atoms with Gasteiger partial charge in [0.15, 0.2) is 6.61 Å². The van der Waals surface area contributed by atoms with Crippen LogP contribution in [-0.4, -0.2) is 43.7 Å². The molecule has 0 unspecified atom stereocenters. The number of aryl methyl sites for hydroxylation is 1. The number of hydrogen-bond acceptors (Lipinski definition) is 3. The fourth-order valence-corrected chi connectivity index (χ4v) is 2.58. The lowest BCUT2D eigenvalue weighted by molar-refractivity contribution is -0.135. The quantitative estimate of drug-likeness (QED) is 0.597. The molecule has 1 heterocycles. The molecule has 1 fully saturated rings. The van der Waals surface area contributed by atoms with Crippen LogP contribution in [0.25, 0.3) is 0 Å². The van der Waals surface area contributed by atoms with Crippen molar-refractivity contribution < 1.29 is 14.3 Å². The molecule has 0 spiro atoms. The van der Waals surface area contributed by atoms with Gasteiger partial charge in [-0.1, -0.05) is 18.1 Å². The van der Waals surface area contributed by atoms with Gasteiger partial charge in [-0.15, -0.1) is 6.42 Å². The van der Waals surface area contributed by atoms with E-state index >= 15 is 0 Å². The van der Waals surface area contributed by atoms with E-state index in [4.69, 9.17) is 15.9 Å². The third kappa shape index (κ3) is 5.09. The molecule has 0 atom stereocenters. The molecule has 0 N–H and O–H groups in total. The van der Waals surface area contributed by atoms with Crippen LogP contribution in [0, 0.1) is 25.2 Å². The monoisotopic (exact) mass is 301 g/mol. The van der Waals surface area contributed by atoms with Crippen LogP contribution in [0.2, 0.25) is 0 Å². The molecule has 1 aromatic carbocycles. The SMILES string of the molecule is C#CCOCC1CCN(C(=O)COc2cccc(C)c2)CC1. The topological polar surface area (TPSA) is 38.8 Å². The van der Waals surface area contributed by atoms with E-state index in [2.05, 4.69) is 5.92 Å². The summed E-state index contributed by atoms with van der Waals surface area (Å²) >= 11 is 0. The molecule has 0 saturated carbocycles. The highest BCUT2D eigenvalue weighted by atomic mass is 16.5. The Morgan fingerprint density at radius 3 is 2.86 bits per heavy atom. The average molecular weight is 301 g/mol. The first-order chi connectivity index (χ1) is 10.7.